The van der Waals surface area contributed by atoms with Crippen molar-refractivity contribution in [1.82, 2.24) is 5.32 Å². The van der Waals surface area contributed by atoms with E-state index in [1.165, 1.54) is 0 Å². The van der Waals surface area contributed by atoms with Crippen LogP contribution in [0.25, 0.3) is 0 Å². The maximum atomic E-state index is 12.9. The summed E-state index contributed by atoms with van der Waals surface area (Å²) in [6.45, 7) is 4.15. The zero-order valence-corrected chi connectivity index (χ0v) is 16.9. The molecule has 0 fully saturated rings. The number of hydrogen-bond donors (Lipinski definition) is 1. The molecule has 0 saturated carbocycles. The molecule has 0 aliphatic rings. The molecular formula is C22H30ClNO3. The topological polar surface area (TPSA) is 47.6 Å². The summed E-state index contributed by atoms with van der Waals surface area (Å²) in [6.07, 6.45) is 1.01. The molecule has 0 spiro atoms. The number of methoxy groups -OCH3 is 1. The van der Waals surface area contributed by atoms with Gasteiger partial charge < -0.3 is 14.8 Å². The van der Waals surface area contributed by atoms with Gasteiger partial charge in [0.2, 0.25) is 0 Å². The summed E-state index contributed by atoms with van der Waals surface area (Å²) >= 11 is 0. The molecular weight excluding hydrogens is 362 g/mol. The van der Waals surface area contributed by atoms with Crippen molar-refractivity contribution < 1.29 is 14.3 Å². The number of halogens is 1. The highest BCUT2D eigenvalue weighted by atomic mass is 35.5. The van der Waals surface area contributed by atoms with Gasteiger partial charge in [-0.25, -0.2) is 0 Å². The molecule has 2 unspecified atom stereocenters. The van der Waals surface area contributed by atoms with Gasteiger partial charge in [0.15, 0.2) is 5.78 Å². The van der Waals surface area contributed by atoms with Gasteiger partial charge in [-0.3, -0.25) is 4.79 Å². The van der Waals surface area contributed by atoms with Crippen LogP contribution in [0.15, 0.2) is 60.7 Å². The highest BCUT2D eigenvalue weighted by molar-refractivity contribution is 5.99. The summed E-state index contributed by atoms with van der Waals surface area (Å²) in [5, 5.41) is 3.33. The lowest BCUT2D eigenvalue weighted by atomic mass is 10.00. The minimum absolute atomic E-state index is 0. The van der Waals surface area contributed by atoms with Crippen molar-refractivity contribution in [3.05, 3.63) is 71.8 Å². The summed E-state index contributed by atoms with van der Waals surface area (Å²) in [6, 6.07) is 19.3. The summed E-state index contributed by atoms with van der Waals surface area (Å²) in [5.41, 5.74) is 1.76. The molecule has 27 heavy (non-hydrogen) atoms. The summed E-state index contributed by atoms with van der Waals surface area (Å²) < 4.78 is 11.5. The molecule has 0 aliphatic heterocycles. The van der Waals surface area contributed by atoms with Crippen LogP contribution in [0.1, 0.15) is 29.3 Å². The van der Waals surface area contributed by atoms with E-state index in [2.05, 4.69) is 12.2 Å². The van der Waals surface area contributed by atoms with Gasteiger partial charge in [-0.2, -0.15) is 0 Å². The Labute approximate surface area is 168 Å². The number of benzene rings is 2. The van der Waals surface area contributed by atoms with Gasteiger partial charge in [0, 0.05) is 25.6 Å². The normalized spacial score (nSPS) is 12.8. The van der Waals surface area contributed by atoms with Gasteiger partial charge in [0.1, 0.15) is 6.10 Å². The number of carbonyl (C=O) groups excluding carboxylic acids is 1. The first-order chi connectivity index (χ1) is 12.7. The SMILES string of the molecule is CCCNCC(COC(Cc1ccccc1)C(=O)c1ccccc1)OC.Cl. The number of Topliss-reactive ketones (excluding diaryl/α,β-unsaturated/α-hetero) is 1. The molecule has 0 aliphatic carbocycles. The van der Waals surface area contributed by atoms with Crippen LogP contribution in [-0.2, 0) is 15.9 Å². The van der Waals surface area contributed by atoms with Gasteiger partial charge in [0.05, 0.1) is 12.7 Å². The number of nitrogens with one attached hydrogen (secondary N) is 1. The standard InChI is InChI=1S/C22H29NO3.ClH/c1-3-14-23-16-20(25-2)17-26-21(15-18-10-6-4-7-11-18)22(24)19-12-8-5-9-13-19;/h4-13,20-21,23H,3,14-17H2,1-2H3;1H. The van der Waals surface area contributed by atoms with Crippen LogP contribution in [0.4, 0.5) is 0 Å². The van der Waals surface area contributed by atoms with Crippen molar-refractivity contribution in [3.63, 3.8) is 0 Å². The zero-order valence-electron chi connectivity index (χ0n) is 16.1. The Morgan fingerprint density at radius 3 is 2.26 bits per heavy atom. The van der Waals surface area contributed by atoms with Gasteiger partial charge in [-0.05, 0) is 18.5 Å². The quantitative estimate of drug-likeness (QED) is 0.440. The molecule has 5 heteroatoms. The largest absolute Gasteiger partial charge is 0.378 e. The van der Waals surface area contributed by atoms with E-state index in [0.29, 0.717) is 25.1 Å². The van der Waals surface area contributed by atoms with Crippen LogP contribution >= 0.6 is 12.4 Å². The van der Waals surface area contributed by atoms with Crippen molar-refractivity contribution in [2.24, 2.45) is 0 Å². The third-order valence-electron chi connectivity index (χ3n) is 4.23. The number of rotatable bonds is 12. The monoisotopic (exact) mass is 391 g/mol. The Balaban J connectivity index is 0.00000364. The van der Waals surface area contributed by atoms with E-state index in [1.807, 2.05) is 60.7 Å². The fraction of sp³-hybridized carbons (Fsp3) is 0.409. The van der Waals surface area contributed by atoms with E-state index < -0.39 is 6.10 Å². The molecule has 2 aromatic carbocycles. The minimum atomic E-state index is -0.524. The average molecular weight is 392 g/mol. The molecule has 2 aromatic rings. The number of hydrogen-bond acceptors (Lipinski definition) is 4. The highest BCUT2D eigenvalue weighted by Crippen LogP contribution is 2.13. The van der Waals surface area contributed by atoms with Gasteiger partial charge in [-0.15, -0.1) is 12.4 Å². The lowest BCUT2D eigenvalue weighted by Crippen LogP contribution is -2.36. The molecule has 4 nitrogen and oxygen atoms in total. The zero-order chi connectivity index (χ0) is 18.6. The van der Waals surface area contributed by atoms with Crippen LogP contribution in [0.3, 0.4) is 0 Å². The summed E-state index contributed by atoms with van der Waals surface area (Å²) in [5.74, 6) is 0.00539. The van der Waals surface area contributed by atoms with Crippen LogP contribution in [0, 0.1) is 0 Å². The van der Waals surface area contributed by atoms with E-state index in [9.17, 15) is 4.79 Å². The third kappa shape index (κ3) is 8.22. The molecule has 0 radical (unpaired) electrons. The molecule has 0 aromatic heterocycles. The molecule has 0 saturated heterocycles. The van der Waals surface area contributed by atoms with E-state index >= 15 is 0 Å². The Morgan fingerprint density at radius 2 is 1.67 bits per heavy atom. The summed E-state index contributed by atoms with van der Waals surface area (Å²) in [4.78, 5) is 12.9. The second kappa shape index (κ2) is 13.4. The van der Waals surface area contributed by atoms with Crippen LogP contribution < -0.4 is 5.32 Å². The smallest absolute Gasteiger partial charge is 0.191 e. The Hall–Kier alpha value is -1.72. The minimum Gasteiger partial charge on any atom is -0.378 e. The van der Waals surface area contributed by atoms with Crippen LogP contribution in [0.2, 0.25) is 0 Å². The van der Waals surface area contributed by atoms with Gasteiger partial charge in [0.25, 0.3) is 0 Å². The molecule has 0 amide bonds. The first kappa shape index (κ1) is 23.3. The molecule has 2 rings (SSSR count). The number of carbonyl (C=O) groups is 1. The van der Waals surface area contributed by atoms with E-state index in [-0.39, 0.29) is 24.3 Å². The lowest BCUT2D eigenvalue weighted by Gasteiger charge is -2.21. The lowest BCUT2D eigenvalue weighted by molar-refractivity contribution is -0.0184. The first-order valence-corrected chi connectivity index (χ1v) is 9.23. The number of ether oxygens (including phenoxy) is 2. The molecule has 0 bridgehead atoms. The Kier molecular flexibility index (Phi) is 11.6. The maximum absolute atomic E-state index is 12.9. The van der Waals surface area contributed by atoms with Gasteiger partial charge in [-0.1, -0.05) is 67.6 Å². The third-order valence-corrected chi connectivity index (χ3v) is 4.23. The fourth-order valence-electron chi connectivity index (χ4n) is 2.72. The predicted octanol–water partition coefficient (Wildman–Crippen LogP) is 3.93. The molecule has 1 N–H and O–H groups in total. The van der Waals surface area contributed by atoms with Crippen molar-refractivity contribution >= 4 is 18.2 Å². The van der Waals surface area contributed by atoms with Crippen LogP contribution in [-0.4, -0.2) is 44.8 Å². The fourth-order valence-corrected chi connectivity index (χ4v) is 2.72. The molecule has 0 heterocycles. The molecule has 2 atom stereocenters. The van der Waals surface area contributed by atoms with Crippen molar-refractivity contribution in [1.29, 1.82) is 0 Å². The summed E-state index contributed by atoms with van der Waals surface area (Å²) in [7, 11) is 1.67. The first-order valence-electron chi connectivity index (χ1n) is 9.23. The van der Waals surface area contributed by atoms with Crippen molar-refractivity contribution in [2.75, 3.05) is 26.8 Å². The Bertz CT molecular complexity index is 637. The second-order valence-electron chi connectivity index (χ2n) is 6.30. The maximum Gasteiger partial charge on any atom is 0.191 e. The van der Waals surface area contributed by atoms with E-state index in [1.54, 1.807) is 7.11 Å². The highest BCUT2D eigenvalue weighted by Gasteiger charge is 2.22. The van der Waals surface area contributed by atoms with Crippen molar-refractivity contribution in [2.45, 2.75) is 32.0 Å². The van der Waals surface area contributed by atoms with Gasteiger partial charge >= 0.3 is 0 Å². The predicted molar refractivity (Wildman–Crippen MR) is 112 cm³/mol. The van der Waals surface area contributed by atoms with Crippen LogP contribution in [0.5, 0.6) is 0 Å². The van der Waals surface area contributed by atoms with E-state index in [0.717, 1.165) is 18.5 Å². The van der Waals surface area contributed by atoms with Crippen molar-refractivity contribution in [3.8, 4) is 0 Å². The second-order valence-corrected chi connectivity index (χ2v) is 6.30. The van der Waals surface area contributed by atoms with E-state index in [4.69, 9.17) is 9.47 Å². The Morgan fingerprint density at radius 1 is 1.04 bits per heavy atom. The molecule has 148 valence electrons. The average Bonchev–Trinajstić information content (AvgIpc) is 2.70. The number of ketones is 1.